The van der Waals surface area contributed by atoms with Crippen LogP contribution in [0.1, 0.15) is 49.5 Å². The van der Waals surface area contributed by atoms with Crippen molar-refractivity contribution < 1.29 is 19.1 Å². The summed E-state index contributed by atoms with van der Waals surface area (Å²) in [6.07, 6.45) is 1.11. The molecule has 0 aromatic heterocycles. The number of likely N-dealkylation sites (N-methyl/N-ethyl adjacent to an activating group) is 1. The van der Waals surface area contributed by atoms with E-state index in [1.54, 1.807) is 37.3 Å². The summed E-state index contributed by atoms with van der Waals surface area (Å²) in [5.41, 5.74) is 2.34. The Morgan fingerprint density at radius 1 is 1.14 bits per heavy atom. The summed E-state index contributed by atoms with van der Waals surface area (Å²) < 4.78 is 12.1. The molecule has 3 rings (SSSR count). The van der Waals surface area contributed by atoms with E-state index < -0.39 is 0 Å². The van der Waals surface area contributed by atoms with Gasteiger partial charge in [0.2, 0.25) is 5.91 Å². The number of benzene rings is 2. The molecule has 0 saturated heterocycles. The average molecular weight is 482 g/mol. The maximum absolute atomic E-state index is 13.3. The minimum absolute atomic E-state index is 0.0524. The zero-order valence-corrected chi connectivity index (χ0v) is 21.6. The summed E-state index contributed by atoms with van der Waals surface area (Å²) in [5, 5.41) is 2.91. The quantitative estimate of drug-likeness (QED) is 0.661. The molecule has 1 aliphatic heterocycles. The van der Waals surface area contributed by atoms with Crippen molar-refractivity contribution in [3.8, 4) is 5.75 Å². The second kappa shape index (κ2) is 12.7. The van der Waals surface area contributed by atoms with Gasteiger partial charge in [0.1, 0.15) is 12.4 Å². The Morgan fingerprint density at radius 3 is 2.57 bits per heavy atom. The summed E-state index contributed by atoms with van der Waals surface area (Å²) in [4.78, 5) is 29.6. The molecule has 190 valence electrons. The molecule has 2 amide bonds. The Balaban J connectivity index is 1.92. The number of fused-ring (bicyclic) bond motifs is 1. The van der Waals surface area contributed by atoms with Crippen molar-refractivity contribution in [1.82, 2.24) is 9.80 Å². The SMILES string of the molecule is CCCC(=O)Nc1ccc2c(c1)OC[C@@H](C)N(Cc1ccccc1)C[C@H](C)[C@@H](OC)CN(C)C2=O. The third-order valence-corrected chi connectivity index (χ3v) is 6.57. The van der Waals surface area contributed by atoms with E-state index in [1.807, 2.05) is 13.0 Å². The number of carbonyl (C=O) groups excluding carboxylic acids is 2. The summed E-state index contributed by atoms with van der Waals surface area (Å²) in [6.45, 7) is 8.76. The molecule has 1 aliphatic rings. The highest BCUT2D eigenvalue weighted by atomic mass is 16.5. The minimum Gasteiger partial charge on any atom is -0.491 e. The van der Waals surface area contributed by atoms with Crippen LogP contribution in [0.25, 0.3) is 0 Å². The van der Waals surface area contributed by atoms with Gasteiger partial charge in [0.25, 0.3) is 5.91 Å². The van der Waals surface area contributed by atoms with E-state index in [-0.39, 0.29) is 29.9 Å². The maximum Gasteiger partial charge on any atom is 0.257 e. The van der Waals surface area contributed by atoms with Crippen molar-refractivity contribution in [3.63, 3.8) is 0 Å². The van der Waals surface area contributed by atoms with Gasteiger partial charge in [-0.15, -0.1) is 0 Å². The van der Waals surface area contributed by atoms with E-state index in [1.165, 1.54) is 5.56 Å². The lowest BCUT2D eigenvalue weighted by molar-refractivity contribution is -0.116. The molecule has 1 heterocycles. The van der Waals surface area contributed by atoms with Gasteiger partial charge in [0.05, 0.1) is 11.7 Å². The lowest BCUT2D eigenvalue weighted by Crippen LogP contribution is -2.46. The second-order valence-corrected chi connectivity index (χ2v) is 9.52. The van der Waals surface area contributed by atoms with Crippen LogP contribution < -0.4 is 10.1 Å². The van der Waals surface area contributed by atoms with Gasteiger partial charge in [-0.2, -0.15) is 0 Å². The van der Waals surface area contributed by atoms with E-state index >= 15 is 0 Å². The van der Waals surface area contributed by atoms with Crippen LogP contribution in [0.4, 0.5) is 5.69 Å². The Labute approximate surface area is 209 Å². The van der Waals surface area contributed by atoms with E-state index in [0.29, 0.717) is 36.6 Å². The monoisotopic (exact) mass is 481 g/mol. The zero-order chi connectivity index (χ0) is 25.4. The van der Waals surface area contributed by atoms with Crippen molar-refractivity contribution >= 4 is 17.5 Å². The first-order chi connectivity index (χ1) is 16.8. The first-order valence-corrected chi connectivity index (χ1v) is 12.4. The van der Waals surface area contributed by atoms with Crippen LogP contribution in [0.15, 0.2) is 48.5 Å². The average Bonchev–Trinajstić information content (AvgIpc) is 2.85. The Hall–Kier alpha value is -2.90. The topological polar surface area (TPSA) is 71.1 Å². The number of nitrogens with zero attached hydrogens (tertiary/aromatic N) is 2. The number of carbonyl (C=O) groups is 2. The van der Waals surface area contributed by atoms with Gasteiger partial charge < -0.3 is 19.7 Å². The minimum atomic E-state index is -0.130. The highest BCUT2D eigenvalue weighted by Gasteiger charge is 2.28. The van der Waals surface area contributed by atoms with Gasteiger partial charge in [0.15, 0.2) is 0 Å². The molecule has 0 aliphatic carbocycles. The molecule has 7 nitrogen and oxygen atoms in total. The summed E-state index contributed by atoms with van der Waals surface area (Å²) in [7, 11) is 3.50. The smallest absolute Gasteiger partial charge is 0.257 e. The molecule has 0 fully saturated rings. The Morgan fingerprint density at radius 2 is 1.89 bits per heavy atom. The lowest BCUT2D eigenvalue weighted by Gasteiger charge is -2.36. The fourth-order valence-electron chi connectivity index (χ4n) is 4.41. The molecule has 2 aromatic rings. The van der Waals surface area contributed by atoms with Crippen LogP contribution in [0.5, 0.6) is 5.75 Å². The highest BCUT2D eigenvalue weighted by Crippen LogP contribution is 2.27. The fraction of sp³-hybridized carbons (Fsp3) is 0.500. The third-order valence-electron chi connectivity index (χ3n) is 6.57. The van der Waals surface area contributed by atoms with Gasteiger partial charge in [-0.05, 0) is 37.0 Å². The third kappa shape index (κ3) is 7.29. The van der Waals surface area contributed by atoms with E-state index in [2.05, 4.69) is 48.3 Å². The van der Waals surface area contributed by atoms with E-state index in [9.17, 15) is 9.59 Å². The molecule has 0 radical (unpaired) electrons. The van der Waals surface area contributed by atoms with Crippen molar-refractivity contribution in [2.75, 3.05) is 39.2 Å². The van der Waals surface area contributed by atoms with Gasteiger partial charge in [-0.3, -0.25) is 14.5 Å². The fourth-order valence-corrected chi connectivity index (χ4v) is 4.41. The van der Waals surface area contributed by atoms with Gasteiger partial charge in [0, 0.05) is 58.0 Å². The lowest BCUT2D eigenvalue weighted by atomic mass is 10.0. The van der Waals surface area contributed by atoms with Gasteiger partial charge >= 0.3 is 0 Å². The van der Waals surface area contributed by atoms with E-state index in [4.69, 9.17) is 9.47 Å². The van der Waals surface area contributed by atoms with Crippen molar-refractivity contribution in [3.05, 3.63) is 59.7 Å². The number of rotatable bonds is 6. The van der Waals surface area contributed by atoms with Crippen molar-refractivity contribution in [1.29, 1.82) is 0 Å². The first-order valence-electron chi connectivity index (χ1n) is 12.4. The molecule has 7 heteroatoms. The number of hydrogen-bond acceptors (Lipinski definition) is 5. The van der Waals surface area contributed by atoms with Crippen molar-refractivity contribution in [2.45, 2.75) is 52.3 Å². The van der Waals surface area contributed by atoms with Crippen LogP contribution in [0.3, 0.4) is 0 Å². The number of ether oxygens (including phenoxy) is 2. The molecule has 0 unspecified atom stereocenters. The van der Waals surface area contributed by atoms with Crippen LogP contribution in [-0.2, 0) is 16.1 Å². The highest BCUT2D eigenvalue weighted by molar-refractivity contribution is 5.98. The standard InChI is InChI=1S/C28H39N3O4/c1-6-10-27(32)29-23-13-14-24-25(15-23)35-19-21(3)31(17-22-11-8-7-9-12-22)16-20(2)26(34-5)18-30(4)28(24)33/h7-9,11-15,20-21,26H,6,10,16-19H2,1-5H3,(H,29,32)/t20-,21+,26-/m0/s1. The zero-order valence-electron chi connectivity index (χ0n) is 21.6. The number of nitrogens with one attached hydrogen (secondary N) is 1. The molecular formula is C28H39N3O4. The molecule has 35 heavy (non-hydrogen) atoms. The molecule has 2 aromatic carbocycles. The van der Waals surface area contributed by atoms with Crippen LogP contribution >= 0.6 is 0 Å². The molecule has 3 atom stereocenters. The van der Waals surface area contributed by atoms with Crippen molar-refractivity contribution in [2.24, 2.45) is 5.92 Å². The van der Waals surface area contributed by atoms with Crippen LogP contribution in [0, 0.1) is 5.92 Å². The Bertz CT molecular complexity index is 981. The van der Waals surface area contributed by atoms with E-state index in [0.717, 1.165) is 19.5 Å². The molecule has 1 N–H and O–H groups in total. The predicted molar refractivity (Wildman–Crippen MR) is 139 cm³/mol. The van der Waals surface area contributed by atoms with Crippen LogP contribution in [-0.4, -0.2) is 67.6 Å². The maximum atomic E-state index is 13.3. The molecule has 0 bridgehead atoms. The molecular weight excluding hydrogens is 442 g/mol. The largest absolute Gasteiger partial charge is 0.491 e. The van der Waals surface area contributed by atoms with Gasteiger partial charge in [-0.25, -0.2) is 0 Å². The first kappa shape index (κ1) is 26.7. The normalized spacial score (nSPS) is 21.9. The summed E-state index contributed by atoms with van der Waals surface area (Å²) in [5.74, 6) is 0.500. The summed E-state index contributed by atoms with van der Waals surface area (Å²) in [6, 6.07) is 15.7. The summed E-state index contributed by atoms with van der Waals surface area (Å²) >= 11 is 0. The Kier molecular flexibility index (Phi) is 9.69. The molecule has 0 saturated carbocycles. The number of hydrogen-bond donors (Lipinski definition) is 1. The van der Waals surface area contributed by atoms with Gasteiger partial charge in [-0.1, -0.05) is 44.2 Å². The second-order valence-electron chi connectivity index (χ2n) is 9.52. The number of anilines is 1. The number of amides is 2. The number of methoxy groups -OCH3 is 1. The predicted octanol–water partition coefficient (Wildman–Crippen LogP) is 4.43. The van der Waals surface area contributed by atoms with Crippen LogP contribution in [0.2, 0.25) is 0 Å². The molecule has 0 spiro atoms.